The first-order valence-corrected chi connectivity index (χ1v) is 9.45. The van der Waals surface area contributed by atoms with Gasteiger partial charge in [-0.1, -0.05) is 6.07 Å². The van der Waals surface area contributed by atoms with Gasteiger partial charge in [-0.25, -0.2) is 17.2 Å². The third-order valence-electron chi connectivity index (χ3n) is 3.57. The molecule has 10 heteroatoms. The first-order chi connectivity index (χ1) is 12.7. The Morgan fingerprint density at radius 2 is 1.74 bits per heavy atom. The zero-order chi connectivity index (χ0) is 20.2. The quantitative estimate of drug-likeness (QED) is 0.772. The zero-order valence-corrected chi connectivity index (χ0v) is 15.6. The summed E-state index contributed by atoms with van der Waals surface area (Å²) in [5.74, 6) is -2.39. The molecule has 0 fully saturated rings. The van der Waals surface area contributed by atoms with E-state index in [2.05, 4.69) is 0 Å². The van der Waals surface area contributed by atoms with E-state index in [9.17, 15) is 22.0 Å². The summed E-state index contributed by atoms with van der Waals surface area (Å²) < 4.78 is 62.8. The van der Waals surface area contributed by atoms with Crippen LogP contribution in [0, 0.1) is 11.6 Å². The molecule has 1 N–H and O–H groups in total. The van der Waals surface area contributed by atoms with Crippen LogP contribution >= 0.6 is 0 Å². The molecule has 0 radical (unpaired) electrons. The Kier molecular flexibility index (Phi) is 6.21. The predicted molar refractivity (Wildman–Crippen MR) is 96.7 cm³/mol. The molecule has 2 aromatic rings. The van der Waals surface area contributed by atoms with Crippen molar-refractivity contribution in [2.24, 2.45) is 0 Å². The highest BCUT2D eigenvalue weighted by atomic mass is 32.2. The van der Waals surface area contributed by atoms with Gasteiger partial charge in [-0.3, -0.25) is 9.10 Å². The van der Waals surface area contributed by atoms with Gasteiger partial charge in [0.1, 0.15) is 35.4 Å². The van der Waals surface area contributed by atoms with Crippen LogP contribution in [0.3, 0.4) is 0 Å². The molecule has 0 aliphatic rings. The van der Waals surface area contributed by atoms with Crippen LogP contribution in [0.5, 0.6) is 11.5 Å². The van der Waals surface area contributed by atoms with E-state index in [1.807, 2.05) is 5.32 Å². The molecule has 0 bridgehead atoms. The maximum atomic E-state index is 13.7. The molecule has 146 valence electrons. The van der Waals surface area contributed by atoms with Crippen LogP contribution in [0.1, 0.15) is 0 Å². The van der Waals surface area contributed by atoms with E-state index >= 15 is 0 Å². The minimum Gasteiger partial charge on any atom is -0.497 e. The number of anilines is 2. The van der Waals surface area contributed by atoms with Crippen LogP contribution in [0.25, 0.3) is 0 Å². The van der Waals surface area contributed by atoms with Crippen molar-refractivity contribution >= 4 is 27.3 Å². The Hall–Kier alpha value is -2.88. The number of benzene rings is 2. The molecule has 1 amide bonds. The van der Waals surface area contributed by atoms with Gasteiger partial charge in [0.25, 0.3) is 0 Å². The van der Waals surface area contributed by atoms with Gasteiger partial charge in [0.05, 0.1) is 26.2 Å². The zero-order valence-electron chi connectivity index (χ0n) is 14.8. The van der Waals surface area contributed by atoms with Crippen molar-refractivity contribution in [1.29, 1.82) is 0 Å². The molecule has 0 aliphatic heterocycles. The first kappa shape index (κ1) is 20.4. The molecule has 2 aromatic carbocycles. The number of carbonyl (C=O) groups excluding carboxylic acids is 1. The van der Waals surface area contributed by atoms with Gasteiger partial charge in [-0.2, -0.15) is 0 Å². The Labute approximate surface area is 155 Å². The summed E-state index contributed by atoms with van der Waals surface area (Å²) >= 11 is 0. The molecule has 7 nitrogen and oxygen atoms in total. The van der Waals surface area contributed by atoms with E-state index in [0.29, 0.717) is 5.75 Å². The number of rotatable bonds is 7. The van der Waals surface area contributed by atoms with Gasteiger partial charge in [0, 0.05) is 6.07 Å². The van der Waals surface area contributed by atoms with Crippen molar-refractivity contribution < 1.29 is 31.5 Å². The summed E-state index contributed by atoms with van der Waals surface area (Å²) in [5.41, 5.74) is -0.614. The molecule has 0 heterocycles. The van der Waals surface area contributed by atoms with Crippen molar-refractivity contribution in [3.63, 3.8) is 0 Å². The van der Waals surface area contributed by atoms with Crippen LogP contribution in [0.2, 0.25) is 0 Å². The summed E-state index contributed by atoms with van der Waals surface area (Å²) in [7, 11) is -1.21. The number of halogens is 2. The highest BCUT2D eigenvalue weighted by Crippen LogP contribution is 2.33. The lowest BCUT2D eigenvalue weighted by molar-refractivity contribution is -0.114. The number of carbonyl (C=O) groups is 1. The standard InChI is InChI=1S/C17H18F2N2O5S/c1-25-11-7-8-15(26-2)14(9-11)21(27(3,23)24)10-16(22)20-17-12(18)5-4-6-13(17)19/h4-9H,10H2,1-3H3,(H,20,22). The Bertz CT molecular complexity index is 930. The fourth-order valence-electron chi connectivity index (χ4n) is 2.30. The van der Waals surface area contributed by atoms with Crippen LogP contribution in [-0.2, 0) is 14.8 Å². The molecule has 0 aliphatic carbocycles. The van der Waals surface area contributed by atoms with E-state index in [-0.39, 0.29) is 11.4 Å². The summed E-state index contributed by atoms with van der Waals surface area (Å²) in [4.78, 5) is 12.3. The van der Waals surface area contributed by atoms with Crippen LogP contribution in [0.4, 0.5) is 20.2 Å². The molecule has 0 spiro atoms. The second-order valence-corrected chi connectivity index (χ2v) is 7.36. The normalized spacial score (nSPS) is 11.0. The number of ether oxygens (including phenoxy) is 2. The minimum atomic E-state index is -3.93. The van der Waals surface area contributed by atoms with E-state index in [1.54, 1.807) is 6.07 Å². The van der Waals surface area contributed by atoms with Crippen molar-refractivity contribution in [3.8, 4) is 11.5 Å². The van der Waals surface area contributed by atoms with E-state index in [4.69, 9.17) is 9.47 Å². The Morgan fingerprint density at radius 3 is 2.26 bits per heavy atom. The van der Waals surface area contributed by atoms with Gasteiger partial charge >= 0.3 is 0 Å². The van der Waals surface area contributed by atoms with E-state index < -0.39 is 39.8 Å². The molecule has 0 unspecified atom stereocenters. The van der Waals surface area contributed by atoms with Crippen molar-refractivity contribution in [2.45, 2.75) is 0 Å². The van der Waals surface area contributed by atoms with Gasteiger partial charge in [0.15, 0.2) is 0 Å². The van der Waals surface area contributed by atoms with E-state index in [0.717, 1.165) is 28.8 Å². The summed E-state index contributed by atoms with van der Waals surface area (Å²) in [6.07, 6.45) is 0.892. The Morgan fingerprint density at radius 1 is 1.11 bits per heavy atom. The third-order valence-corrected chi connectivity index (χ3v) is 4.70. The number of hydrogen-bond donors (Lipinski definition) is 1. The number of nitrogens with zero attached hydrogens (tertiary/aromatic N) is 1. The fraction of sp³-hybridized carbons (Fsp3) is 0.235. The van der Waals surface area contributed by atoms with Gasteiger partial charge in [-0.15, -0.1) is 0 Å². The maximum absolute atomic E-state index is 13.7. The van der Waals surface area contributed by atoms with Crippen molar-refractivity contribution in [1.82, 2.24) is 0 Å². The SMILES string of the molecule is COc1ccc(OC)c(N(CC(=O)Nc2c(F)cccc2F)S(C)(=O)=O)c1. The van der Waals surface area contributed by atoms with Gasteiger partial charge < -0.3 is 14.8 Å². The monoisotopic (exact) mass is 400 g/mol. The highest BCUT2D eigenvalue weighted by molar-refractivity contribution is 7.92. The molecular weight excluding hydrogens is 382 g/mol. The number of methoxy groups -OCH3 is 2. The highest BCUT2D eigenvalue weighted by Gasteiger charge is 2.25. The molecule has 2 rings (SSSR count). The smallest absolute Gasteiger partial charge is 0.245 e. The van der Waals surface area contributed by atoms with Gasteiger partial charge in [0.2, 0.25) is 15.9 Å². The second-order valence-electron chi connectivity index (χ2n) is 5.45. The van der Waals surface area contributed by atoms with Crippen LogP contribution in [-0.4, -0.2) is 41.3 Å². The lowest BCUT2D eigenvalue weighted by Crippen LogP contribution is -2.38. The van der Waals surface area contributed by atoms with Crippen molar-refractivity contribution in [3.05, 3.63) is 48.0 Å². The topological polar surface area (TPSA) is 84.9 Å². The number of hydrogen-bond acceptors (Lipinski definition) is 5. The number of amides is 1. The average molecular weight is 400 g/mol. The lowest BCUT2D eigenvalue weighted by Gasteiger charge is -2.24. The maximum Gasteiger partial charge on any atom is 0.245 e. The predicted octanol–water partition coefficient (Wildman–Crippen LogP) is 2.39. The largest absolute Gasteiger partial charge is 0.497 e. The molecule has 0 aromatic heterocycles. The second kappa shape index (κ2) is 8.21. The molecule has 0 saturated carbocycles. The molecule has 0 saturated heterocycles. The van der Waals surface area contributed by atoms with E-state index in [1.165, 1.54) is 26.4 Å². The average Bonchev–Trinajstić information content (AvgIpc) is 2.61. The van der Waals surface area contributed by atoms with Crippen LogP contribution in [0.15, 0.2) is 36.4 Å². The van der Waals surface area contributed by atoms with Crippen LogP contribution < -0.4 is 19.1 Å². The summed E-state index contributed by atoms with van der Waals surface area (Å²) in [6.45, 7) is -0.726. The number of sulfonamides is 1. The molecule has 27 heavy (non-hydrogen) atoms. The summed E-state index contributed by atoms with van der Waals surface area (Å²) in [5, 5.41) is 2.05. The lowest BCUT2D eigenvalue weighted by atomic mass is 10.2. The minimum absolute atomic E-state index is 0.0449. The number of para-hydroxylation sites is 1. The molecular formula is C17H18F2N2O5S. The summed E-state index contributed by atoms with van der Waals surface area (Å²) in [6, 6.07) is 7.48. The number of nitrogens with one attached hydrogen (secondary N) is 1. The fourth-order valence-corrected chi connectivity index (χ4v) is 3.15. The van der Waals surface area contributed by atoms with Crippen molar-refractivity contribution in [2.75, 3.05) is 36.6 Å². The van der Waals surface area contributed by atoms with Gasteiger partial charge in [-0.05, 0) is 24.3 Å². The third kappa shape index (κ3) is 4.85. The first-order valence-electron chi connectivity index (χ1n) is 7.61. The Balaban J connectivity index is 2.38. The molecule has 0 atom stereocenters.